The summed E-state index contributed by atoms with van der Waals surface area (Å²) in [5.41, 5.74) is 8.66. The van der Waals surface area contributed by atoms with Crippen LogP contribution in [0.15, 0.2) is 59.0 Å². The number of hydrogen-bond donors (Lipinski definition) is 2. The summed E-state index contributed by atoms with van der Waals surface area (Å²) in [6.45, 7) is 0. The first kappa shape index (κ1) is 13.8. The van der Waals surface area contributed by atoms with Gasteiger partial charge in [-0.2, -0.15) is 0 Å². The molecular formula is C17H18N2O2. The zero-order valence-corrected chi connectivity index (χ0v) is 11.6. The van der Waals surface area contributed by atoms with Crippen molar-refractivity contribution in [1.29, 1.82) is 0 Å². The van der Waals surface area contributed by atoms with E-state index in [-0.39, 0.29) is 6.04 Å². The number of nitrogens with two attached hydrogens (primary N) is 1. The number of hydrogen-bond acceptors (Lipinski definition) is 4. The molecule has 0 spiro atoms. The van der Waals surface area contributed by atoms with E-state index in [1.165, 1.54) is 0 Å². The molecule has 1 aromatic heterocycles. The Morgan fingerprint density at radius 2 is 1.71 bits per heavy atom. The highest BCUT2D eigenvalue weighted by Crippen LogP contribution is 2.25. The molecule has 0 aliphatic carbocycles. The fourth-order valence-corrected chi connectivity index (χ4v) is 2.36. The number of benzene rings is 2. The minimum atomic E-state index is -0.729. The maximum absolute atomic E-state index is 10.2. The lowest BCUT2D eigenvalue weighted by molar-refractivity contribution is 0.131. The molecule has 1 heterocycles. The average molecular weight is 282 g/mol. The van der Waals surface area contributed by atoms with Gasteiger partial charge < -0.3 is 15.3 Å². The third-order valence-corrected chi connectivity index (χ3v) is 3.57. The molecule has 21 heavy (non-hydrogen) atoms. The number of para-hydroxylation sites is 2. The second-order valence-corrected chi connectivity index (χ2v) is 5.13. The molecule has 0 aliphatic rings. The largest absolute Gasteiger partial charge is 0.438 e. The standard InChI is InChI=1S/C17H18N2O2/c18-13(12-6-2-1-3-7-12)10-11-15(20)17-19-14-8-4-5-9-16(14)21-17/h1-9,13,15,20H,10-11,18H2. The van der Waals surface area contributed by atoms with Crippen molar-refractivity contribution in [2.24, 2.45) is 5.73 Å². The van der Waals surface area contributed by atoms with E-state index in [1.807, 2.05) is 54.6 Å². The van der Waals surface area contributed by atoms with Gasteiger partial charge in [0.1, 0.15) is 11.6 Å². The van der Waals surface area contributed by atoms with E-state index < -0.39 is 6.10 Å². The van der Waals surface area contributed by atoms with E-state index in [0.29, 0.717) is 24.3 Å². The van der Waals surface area contributed by atoms with Gasteiger partial charge in [-0.3, -0.25) is 0 Å². The maximum Gasteiger partial charge on any atom is 0.224 e. The molecule has 108 valence electrons. The van der Waals surface area contributed by atoms with Crippen molar-refractivity contribution in [1.82, 2.24) is 4.98 Å². The predicted octanol–water partition coefficient (Wildman–Crippen LogP) is 3.34. The molecule has 2 unspecified atom stereocenters. The van der Waals surface area contributed by atoms with Gasteiger partial charge in [0.15, 0.2) is 5.58 Å². The Hall–Kier alpha value is -2.17. The lowest BCUT2D eigenvalue weighted by Crippen LogP contribution is -2.12. The Balaban J connectivity index is 1.65. The molecule has 2 atom stereocenters. The number of nitrogens with zero attached hydrogens (tertiary/aromatic N) is 1. The third kappa shape index (κ3) is 3.12. The molecule has 3 N–H and O–H groups in total. The topological polar surface area (TPSA) is 72.3 Å². The van der Waals surface area contributed by atoms with Crippen LogP contribution in [0, 0.1) is 0 Å². The first-order valence-electron chi connectivity index (χ1n) is 7.08. The Bertz CT molecular complexity index is 676. The fraction of sp³-hybridized carbons (Fsp3) is 0.235. The van der Waals surface area contributed by atoms with Gasteiger partial charge in [-0.05, 0) is 30.5 Å². The lowest BCUT2D eigenvalue weighted by Gasteiger charge is -2.13. The fourth-order valence-electron chi connectivity index (χ4n) is 2.36. The molecule has 3 aromatic rings. The minimum Gasteiger partial charge on any atom is -0.438 e. The SMILES string of the molecule is NC(CCC(O)c1nc2ccccc2o1)c1ccccc1. The van der Waals surface area contributed by atoms with E-state index in [4.69, 9.17) is 10.2 Å². The van der Waals surface area contributed by atoms with Crippen molar-refractivity contribution in [2.45, 2.75) is 25.0 Å². The van der Waals surface area contributed by atoms with Crippen molar-refractivity contribution in [3.05, 3.63) is 66.1 Å². The quantitative estimate of drug-likeness (QED) is 0.752. The number of fused-ring (bicyclic) bond motifs is 1. The smallest absolute Gasteiger partial charge is 0.224 e. The monoisotopic (exact) mass is 282 g/mol. The van der Waals surface area contributed by atoms with Crippen LogP contribution in [0.4, 0.5) is 0 Å². The van der Waals surface area contributed by atoms with Crippen LogP contribution in [0.2, 0.25) is 0 Å². The summed E-state index contributed by atoms with van der Waals surface area (Å²) in [7, 11) is 0. The molecule has 0 aliphatic heterocycles. The minimum absolute atomic E-state index is 0.0924. The first-order valence-corrected chi connectivity index (χ1v) is 7.08. The van der Waals surface area contributed by atoms with Crippen LogP contribution in [0.25, 0.3) is 11.1 Å². The molecular weight excluding hydrogens is 264 g/mol. The first-order chi connectivity index (χ1) is 10.2. The Morgan fingerprint density at radius 3 is 2.48 bits per heavy atom. The van der Waals surface area contributed by atoms with Gasteiger partial charge in [-0.25, -0.2) is 4.98 Å². The predicted molar refractivity (Wildman–Crippen MR) is 81.6 cm³/mol. The Labute approximate surface area is 123 Å². The third-order valence-electron chi connectivity index (χ3n) is 3.57. The highest BCUT2D eigenvalue weighted by Gasteiger charge is 2.17. The summed E-state index contributed by atoms with van der Waals surface area (Å²) < 4.78 is 5.57. The van der Waals surface area contributed by atoms with Crippen LogP contribution >= 0.6 is 0 Å². The van der Waals surface area contributed by atoms with E-state index in [1.54, 1.807) is 0 Å². The van der Waals surface area contributed by atoms with Gasteiger partial charge in [0.25, 0.3) is 0 Å². The van der Waals surface area contributed by atoms with E-state index in [0.717, 1.165) is 11.1 Å². The molecule has 4 nitrogen and oxygen atoms in total. The highest BCUT2D eigenvalue weighted by molar-refractivity contribution is 5.72. The number of aliphatic hydroxyl groups excluding tert-OH is 1. The van der Waals surface area contributed by atoms with Gasteiger partial charge in [-0.1, -0.05) is 42.5 Å². The number of aliphatic hydroxyl groups is 1. The summed E-state index contributed by atoms with van der Waals surface area (Å²) in [5.74, 6) is 0.358. The second kappa shape index (κ2) is 6.08. The van der Waals surface area contributed by atoms with Crippen LogP contribution in [-0.4, -0.2) is 10.1 Å². The molecule has 4 heteroatoms. The molecule has 2 aromatic carbocycles. The number of aromatic nitrogens is 1. The van der Waals surface area contributed by atoms with Crippen LogP contribution < -0.4 is 5.73 Å². The molecule has 0 bridgehead atoms. The average Bonchev–Trinajstić information content (AvgIpc) is 2.97. The van der Waals surface area contributed by atoms with Gasteiger partial charge in [-0.15, -0.1) is 0 Å². The summed E-state index contributed by atoms with van der Waals surface area (Å²) in [4.78, 5) is 4.31. The van der Waals surface area contributed by atoms with Crippen molar-refractivity contribution >= 4 is 11.1 Å². The summed E-state index contributed by atoms with van der Waals surface area (Å²) in [6.07, 6.45) is 0.458. The highest BCUT2D eigenvalue weighted by atomic mass is 16.4. The molecule has 0 saturated carbocycles. The molecule has 0 saturated heterocycles. The van der Waals surface area contributed by atoms with Gasteiger partial charge >= 0.3 is 0 Å². The van der Waals surface area contributed by atoms with Crippen LogP contribution in [-0.2, 0) is 0 Å². The zero-order valence-electron chi connectivity index (χ0n) is 11.6. The van der Waals surface area contributed by atoms with E-state index in [9.17, 15) is 5.11 Å². The molecule has 0 radical (unpaired) electrons. The van der Waals surface area contributed by atoms with Crippen LogP contribution in [0.5, 0.6) is 0 Å². The van der Waals surface area contributed by atoms with Crippen molar-refractivity contribution in [2.75, 3.05) is 0 Å². The summed E-state index contributed by atoms with van der Waals surface area (Å²) in [5, 5.41) is 10.2. The summed E-state index contributed by atoms with van der Waals surface area (Å²) >= 11 is 0. The maximum atomic E-state index is 10.2. The van der Waals surface area contributed by atoms with E-state index in [2.05, 4.69) is 4.98 Å². The van der Waals surface area contributed by atoms with Crippen LogP contribution in [0.3, 0.4) is 0 Å². The zero-order chi connectivity index (χ0) is 14.7. The normalized spacial score (nSPS) is 14.2. The van der Waals surface area contributed by atoms with E-state index >= 15 is 0 Å². The molecule has 0 amide bonds. The lowest BCUT2D eigenvalue weighted by atomic mass is 10.0. The molecule has 3 rings (SSSR count). The Morgan fingerprint density at radius 1 is 1.00 bits per heavy atom. The van der Waals surface area contributed by atoms with Crippen molar-refractivity contribution in [3.8, 4) is 0 Å². The molecule has 0 fully saturated rings. The number of rotatable bonds is 5. The van der Waals surface area contributed by atoms with Gasteiger partial charge in [0.2, 0.25) is 5.89 Å². The van der Waals surface area contributed by atoms with Gasteiger partial charge in [0, 0.05) is 6.04 Å². The van der Waals surface area contributed by atoms with Crippen LogP contribution in [0.1, 0.15) is 36.4 Å². The summed E-state index contributed by atoms with van der Waals surface area (Å²) in [6, 6.07) is 17.3. The Kier molecular flexibility index (Phi) is 3.99. The second-order valence-electron chi connectivity index (χ2n) is 5.13. The van der Waals surface area contributed by atoms with Crippen molar-refractivity contribution in [3.63, 3.8) is 0 Å². The van der Waals surface area contributed by atoms with Gasteiger partial charge in [0.05, 0.1) is 0 Å². The number of oxazole rings is 1. The van der Waals surface area contributed by atoms with Crippen molar-refractivity contribution < 1.29 is 9.52 Å².